The monoisotopic (exact) mass is 281 g/mol. The Kier molecular flexibility index (Phi) is 3.70. The fourth-order valence-electron chi connectivity index (χ4n) is 3.30. The summed E-state index contributed by atoms with van der Waals surface area (Å²) in [6.07, 6.45) is 2.00. The van der Waals surface area contributed by atoms with Crippen LogP contribution in [0.4, 0.5) is 0 Å². The SMILES string of the molecule is CC1CCCN(C2c3cccc(Cl)c3OCC2O)C1. The van der Waals surface area contributed by atoms with Crippen LogP contribution in [0.15, 0.2) is 18.2 Å². The molecule has 0 bridgehead atoms. The first-order valence-corrected chi connectivity index (χ1v) is 7.38. The van der Waals surface area contributed by atoms with Crippen LogP contribution in [-0.2, 0) is 0 Å². The number of fused-ring (bicyclic) bond motifs is 1. The van der Waals surface area contributed by atoms with Crippen LogP contribution in [0.1, 0.15) is 31.4 Å². The van der Waals surface area contributed by atoms with E-state index < -0.39 is 6.10 Å². The van der Waals surface area contributed by atoms with Gasteiger partial charge in [-0.3, -0.25) is 4.90 Å². The Morgan fingerprint density at radius 2 is 2.26 bits per heavy atom. The minimum Gasteiger partial charge on any atom is -0.489 e. The highest BCUT2D eigenvalue weighted by atomic mass is 35.5. The molecule has 3 unspecified atom stereocenters. The van der Waals surface area contributed by atoms with E-state index >= 15 is 0 Å². The first kappa shape index (κ1) is 13.2. The van der Waals surface area contributed by atoms with E-state index in [9.17, 15) is 5.11 Å². The van der Waals surface area contributed by atoms with Crippen LogP contribution < -0.4 is 4.74 Å². The van der Waals surface area contributed by atoms with E-state index in [0.29, 0.717) is 17.5 Å². The second-order valence-corrected chi connectivity index (χ2v) is 6.13. The highest BCUT2D eigenvalue weighted by Gasteiger charge is 2.36. The molecule has 1 saturated heterocycles. The quantitative estimate of drug-likeness (QED) is 0.859. The van der Waals surface area contributed by atoms with E-state index in [0.717, 1.165) is 24.4 Å². The molecule has 0 saturated carbocycles. The van der Waals surface area contributed by atoms with Crippen LogP contribution in [0.3, 0.4) is 0 Å². The summed E-state index contributed by atoms with van der Waals surface area (Å²) in [6.45, 7) is 4.68. The molecule has 3 atom stereocenters. The summed E-state index contributed by atoms with van der Waals surface area (Å²) >= 11 is 6.20. The van der Waals surface area contributed by atoms with Gasteiger partial charge in [0.1, 0.15) is 18.5 Å². The van der Waals surface area contributed by atoms with Gasteiger partial charge in [-0.2, -0.15) is 0 Å². The Morgan fingerprint density at radius 3 is 3.05 bits per heavy atom. The number of benzene rings is 1. The molecule has 3 rings (SSSR count). The molecule has 1 fully saturated rings. The number of piperidine rings is 1. The van der Waals surface area contributed by atoms with Crippen molar-refractivity contribution in [3.8, 4) is 5.75 Å². The van der Waals surface area contributed by atoms with Crippen LogP contribution >= 0.6 is 11.6 Å². The topological polar surface area (TPSA) is 32.7 Å². The fourth-order valence-corrected chi connectivity index (χ4v) is 3.53. The van der Waals surface area contributed by atoms with Crippen molar-refractivity contribution in [2.75, 3.05) is 19.7 Å². The maximum absolute atomic E-state index is 10.3. The van der Waals surface area contributed by atoms with Crippen LogP contribution in [0, 0.1) is 5.92 Å². The summed E-state index contributed by atoms with van der Waals surface area (Å²) in [5.41, 5.74) is 1.03. The Labute approximate surface area is 119 Å². The molecule has 4 heteroatoms. The molecule has 0 radical (unpaired) electrons. The van der Waals surface area contributed by atoms with Crippen molar-refractivity contribution in [1.82, 2.24) is 4.90 Å². The van der Waals surface area contributed by atoms with Crippen LogP contribution in [0.2, 0.25) is 5.02 Å². The summed E-state index contributed by atoms with van der Waals surface area (Å²) < 4.78 is 5.61. The number of hydrogen-bond acceptors (Lipinski definition) is 3. The van der Waals surface area contributed by atoms with Gasteiger partial charge in [0, 0.05) is 12.1 Å². The zero-order valence-electron chi connectivity index (χ0n) is 11.2. The minimum atomic E-state index is -0.476. The van der Waals surface area contributed by atoms with Gasteiger partial charge in [-0.1, -0.05) is 30.7 Å². The van der Waals surface area contributed by atoms with Crippen molar-refractivity contribution in [2.45, 2.75) is 31.9 Å². The third-order valence-electron chi connectivity index (χ3n) is 4.16. The number of para-hydroxylation sites is 1. The summed E-state index contributed by atoms with van der Waals surface area (Å²) in [5.74, 6) is 1.43. The second-order valence-electron chi connectivity index (χ2n) is 5.72. The molecule has 1 N–H and O–H groups in total. The van der Waals surface area contributed by atoms with Crippen LogP contribution in [0.5, 0.6) is 5.75 Å². The molecule has 1 aromatic carbocycles. The Balaban J connectivity index is 1.94. The molecular formula is C15H20ClNO2. The maximum Gasteiger partial charge on any atom is 0.142 e. The molecule has 104 valence electrons. The van der Waals surface area contributed by atoms with Gasteiger partial charge >= 0.3 is 0 Å². The van der Waals surface area contributed by atoms with Gasteiger partial charge in [-0.15, -0.1) is 0 Å². The molecule has 1 aromatic rings. The largest absolute Gasteiger partial charge is 0.489 e. The smallest absolute Gasteiger partial charge is 0.142 e. The number of ether oxygens (including phenoxy) is 1. The van der Waals surface area contributed by atoms with E-state index in [4.69, 9.17) is 16.3 Å². The number of halogens is 1. The van der Waals surface area contributed by atoms with E-state index in [1.54, 1.807) is 0 Å². The van der Waals surface area contributed by atoms with Crippen molar-refractivity contribution in [2.24, 2.45) is 5.92 Å². The van der Waals surface area contributed by atoms with Crippen LogP contribution in [-0.4, -0.2) is 35.8 Å². The molecule has 2 aliphatic heterocycles. The summed E-state index contributed by atoms with van der Waals surface area (Å²) in [7, 11) is 0. The Morgan fingerprint density at radius 1 is 1.42 bits per heavy atom. The van der Waals surface area contributed by atoms with Crippen molar-refractivity contribution < 1.29 is 9.84 Å². The lowest BCUT2D eigenvalue weighted by atomic mass is 9.92. The van der Waals surface area contributed by atoms with Gasteiger partial charge < -0.3 is 9.84 Å². The Hall–Kier alpha value is -0.770. The van der Waals surface area contributed by atoms with Gasteiger partial charge in [0.05, 0.1) is 11.1 Å². The average Bonchev–Trinajstić information content (AvgIpc) is 2.38. The van der Waals surface area contributed by atoms with E-state index in [1.807, 2.05) is 18.2 Å². The molecule has 2 heterocycles. The zero-order chi connectivity index (χ0) is 13.4. The van der Waals surface area contributed by atoms with E-state index in [-0.39, 0.29) is 6.04 Å². The fraction of sp³-hybridized carbons (Fsp3) is 0.600. The van der Waals surface area contributed by atoms with Crippen molar-refractivity contribution in [3.05, 3.63) is 28.8 Å². The van der Waals surface area contributed by atoms with E-state index in [2.05, 4.69) is 11.8 Å². The molecule has 0 amide bonds. The van der Waals surface area contributed by atoms with Crippen molar-refractivity contribution in [1.29, 1.82) is 0 Å². The first-order chi connectivity index (χ1) is 9.16. The lowest BCUT2D eigenvalue weighted by molar-refractivity contribution is -0.0140. The molecule has 0 spiro atoms. The minimum absolute atomic E-state index is 0.0187. The highest BCUT2D eigenvalue weighted by Crippen LogP contribution is 2.41. The van der Waals surface area contributed by atoms with Gasteiger partial charge in [0.25, 0.3) is 0 Å². The number of hydrogen-bond donors (Lipinski definition) is 1. The standard InChI is InChI=1S/C15H20ClNO2/c1-10-4-3-7-17(8-10)14-11-5-2-6-12(16)15(11)19-9-13(14)18/h2,5-6,10,13-14,18H,3-4,7-9H2,1H3. The third kappa shape index (κ3) is 2.47. The molecule has 0 aliphatic carbocycles. The van der Waals surface area contributed by atoms with Crippen molar-refractivity contribution >= 4 is 11.6 Å². The average molecular weight is 282 g/mol. The highest BCUT2D eigenvalue weighted by molar-refractivity contribution is 6.32. The van der Waals surface area contributed by atoms with Gasteiger partial charge in [-0.05, 0) is 31.4 Å². The number of likely N-dealkylation sites (tertiary alicyclic amines) is 1. The molecular weight excluding hydrogens is 262 g/mol. The van der Waals surface area contributed by atoms with Crippen LogP contribution in [0.25, 0.3) is 0 Å². The number of rotatable bonds is 1. The molecule has 19 heavy (non-hydrogen) atoms. The Bertz CT molecular complexity index is 465. The normalized spacial score (nSPS) is 31.6. The lowest BCUT2D eigenvalue weighted by Gasteiger charge is -2.42. The molecule has 2 aliphatic rings. The van der Waals surface area contributed by atoms with Gasteiger partial charge in [0.15, 0.2) is 0 Å². The second kappa shape index (κ2) is 5.31. The maximum atomic E-state index is 10.3. The molecule has 3 nitrogen and oxygen atoms in total. The number of aliphatic hydroxyl groups is 1. The predicted molar refractivity (Wildman–Crippen MR) is 75.7 cm³/mol. The molecule has 0 aromatic heterocycles. The summed E-state index contributed by atoms with van der Waals surface area (Å²) in [4.78, 5) is 2.39. The van der Waals surface area contributed by atoms with Gasteiger partial charge in [0.2, 0.25) is 0 Å². The summed E-state index contributed by atoms with van der Waals surface area (Å²) in [5, 5.41) is 11.0. The lowest BCUT2D eigenvalue weighted by Crippen LogP contribution is -2.46. The predicted octanol–water partition coefficient (Wildman–Crippen LogP) is 2.87. The van der Waals surface area contributed by atoms with E-state index in [1.165, 1.54) is 12.8 Å². The zero-order valence-corrected chi connectivity index (χ0v) is 11.9. The summed E-state index contributed by atoms with van der Waals surface area (Å²) in [6, 6.07) is 5.81. The number of aliphatic hydroxyl groups excluding tert-OH is 1. The van der Waals surface area contributed by atoms with Gasteiger partial charge in [-0.25, -0.2) is 0 Å². The first-order valence-electron chi connectivity index (χ1n) is 7.00. The number of nitrogens with zero attached hydrogens (tertiary/aromatic N) is 1. The van der Waals surface area contributed by atoms with Crippen molar-refractivity contribution in [3.63, 3.8) is 0 Å². The third-order valence-corrected chi connectivity index (χ3v) is 4.46.